The molecule has 2 aliphatic rings. The number of aromatic nitrogens is 2. The largest absolute Gasteiger partial charge is 0.348 e. The molecule has 6 heteroatoms. The first kappa shape index (κ1) is 18.7. The van der Waals surface area contributed by atoms with Gasteiger partial charge in [0.25, 0.3) is 0 Å². The molecule has 0 saturated carbocycles. The second-order valence-electron chi connectivity index (χ2n) is 8.23. The second-order valence-corrected chi connectivity index (χ2v) is 8.23. The maximum absolute atomic E-state index is 12.5. The lowest BCUT2D eigenvalue weighted by molar-refractivity contribution is -0.139. The van der Waals surface area contributed by atoms with Gasteiger partial charge in [-0.3, -0.25) is 9.69 Å². The van der Waals surface area contributed by atoms with Crippen molar-refractivity contribution in [3.63, 3.8) is 0 Å². The zero-order valence-electron chi connectivity index (χ0n) is 16.2. The summed E-state index contributed by atoms with van der Waals surface area (Å²) in [5.74, 6) is 0.275. The molecule has 4 rings (SSSR count). The highest BCUT2D eigenvalue weighted by atomic mass is 16.2. The summed E-state index contributed by atoms with van der Waals surface area (Å²) in [4.78, 5) is 24.2. The highest BCUT2D eigenvalue weighted by molar-refractivity contribution is 5.77. The number of H-pyrrole nitrogens is 1. The van der Waals surface area contributed by atoms with Gasteiger partial charge in [0.15, 0.2) is 0 Å². The number of hydrogen-bond donors (Lipinski definition) is 1. The summed E-state index contributed by atoms with van der Waals surface area (Å²) in [6.45, 7) is 4.47. The summed E-state index contributed by atoms with van der Waals surface area (Å²) >= 11 is 0. The molecule has 2 fully saturated rings. The Balaban J connectivity index is 1.41. The summed E-state index contributed by atoms with van der Waals surface area (Å²) in [6.07, 6.45) is 8.29. The van der Waals surface area contributed by atoms with Crippen molar-refractivity contribution >= 4 is 5.91 Å². The van der Waals surface area contributed by atoms with Gasteiger partial charge in [0, 0.05) is 56.3 Å². The average Bonchev–Trinajstić information content (AvgIpc) is 3.23. The number of nitriles is 1. The fourth-order valence-electron chi connectivity index (χ4n) is 4.77. The lowest BCUT2D eigenvalue weighted by atomic mass is 9.73. The first-order valence-electron chi connectivity index (χ1n) is 10.1. The number of aromatic amines is 1. The van der Waals surface area contributed by atoms with E-state index in [-0.39, 0.29) is 11.3 Å². The van der Waals surface area contributed by atoms with Crippen molar-refractivity contribution in [2.24, 2.45) is 5.41 Å². The number of imidazole rings is 1. The Kier molecular flexibility index (Phi) is 5.45. The number of benzene rings is 1. The van der Waals surface area contributed by atoms with Crippen molar-refractivity contribution in [3.8, 4) is 6.07 Å². The third-order valence-electron chi connectivity index (χ3n) is 6.23. The number of carbonyl (C=O) groups excluding carboxylic acids is 1. The van der Waals surface area contributed by atoms with E-state index < -0.39 is 0 Å². The minimum atomic E-state index is 0.182. The van der Waals surface area contributed by atoms with Crippen molar-refractivity contribution in [1.82, 2.24) is 19.8 Å². The van der Waals surface area contributed by atoms with Gasteiger partial charge < -0.3 is 9.88 Å². The van der Waals surface area contributed by atoms with Crippen LogP contribution < -0.4 is 0 Å². The van der Waals surface area contributed by atoms with Crippen LogP contribution in [-0.2, 0) is 17.8 Å². The number of hydrogen-bond acceptors (Lipinski definition) is 4. The molecule has 0 bridgehead atoms. The van der Waals surface area contributed by atoms with Crippen molar-refractivity contribution < 1.29 is 4.79 Å². The van der Waals surface area contributed by atoms with Gasteiger partial charge >= 0.3 is 0 Å². The molecule has 0 radical (unpaired) electrons. The van der Waals surface area contributed by atoms with E-state index in [4.69, 9.17) is 0 Å². The van der Waals surface area contributed by atoms with Crippen LogP contribution in [0.4, 0.5) is 0 Å². The quantitative estimate of drug-likeness (QED) is 0.869. The van der Waals surface area contributed by atoms with Crippen molar-refractivity contribution in [3.05, 3.63) is 53.6 Å². The Morgan fingerprint density at radius 1 is 1.25 bits per heavy atom. The topological polar surface area (TPSA) is 76.0 Å². The van der Waals surface area contributed by atoms with Crippen LogP contribution in [0.2, 0.25) is 0 Å². The van der Waals surface area contributed by atoms with E-state index in [0.29, 0.717) is 6.42 Å². The molecule has 1 aromatic heterocycles. The second kappa shape index (κ2) is 8.15. The third-order valence-corrected chi connectivity index (χ3v) is 6.23. The number of nitrogens with one attached hydrogen (secondary N) is 1. The maximum atomic E-state index is 12.5. The van der Waals surface area contributed by atoms with Gasteiger partial charge in [-0.05, 0) is 37.4 Å². The van der Waals surface area contributed by atoms with Crippen LogP contribution in [0, 0.1) is 16.7 Å². The van der Waals surface area contributed by atoms with Gasteiger partial charge in [-0.15, -0.1) is 0 Å². The number of carbonyl (C=O) groups is 1. The van der Waals surface area contributed by atoms with Crippen LogP contribution in [0.15, 0.2) is 36.8 Å². The van der Waals surface area contributed by atoms with Crippen LogP contribution in [0.5, 0.6) is 0 Å². The van der Waals surface area contributed by atoms with E-state index in [1.807, 2.05) is 24.4 Å². The number of amides is 1. The normalized spacial score (nSPS) is 23.1. The van der Waals surface area contributed by atoms with Gasteiger partial charge in [0.05, 0.1) is 18.0 Å². The lowest BCUT2D eigenvalue weighted by Gasteiger charge is -2.48. The summed E-state index contributed by atoms with van der Waals surface area (Å²) < 4.78 is 0. The fraction of sp³-hybridized carbons (Fsp3) is 0.500. The molecular formula is C22H27N5O. The minimum absolute atomic E-state index is 0.182. The van der Waals surface area contributed by atoms with E-state index in [1.165, 1.54) is 6.42 Å². The highest BCUT2D eigenvalue weighted by Gasteiger charge is 2.41. The Hall–Kier alpha value is -2.65. The molecule has 6 nitrogen and oxygen atoms in total. The van der Waals surface area contributed by atoms with Gasteiger partial charge in [0.2, 0.25) is 5.91 Å². The predicted octanol–water partition coefficient (Wildman–Crippen LogP) is 2.73. The lowest BCUT2D eigenvalue weighted by Crippen LogP contribution is -2.54. The van der Waals surface area contributed by atoms with E-state index in [0.717, 1.165) is 68.8 Å². The van der Waals surface area contributed by atoms with E-state index in [9.17, 15) is 10.1 Å². The van der Waals surface area contributed by atoms with Crippen LogP contribution in [0.25, 0.3) is 0 Å². The molecule has 2 aromatic rings. The Labute approximate surface area is 166 Å². The molecule has 0 unspecified atom stereocenters. The van der Waals surface area contributed by atoms with E-state index in [1.54, 1.807) is 6.33 Å². The number of likely N-dealkylation sites (tertiary alicyclic amines) is 2. The molecule has 146 valence electrons. The molecule has 1 aromatic carbocycles. The van der Waals surface area contributed by atoms with Gasteiger partial charge in [0.1, 0.15) is 0 Å². The number of nitrogens with zero attached hydrogens (tertiary/aromatic N) is 4. The summed E-state index contributed by atoms with van der Waals surface area (Å²) in [7, 11) is 0. The fourth-order valence-corrected chi connectivity index (χ4v) is 4.77. The summed E-state index contributed by atoms with van der Waals surface area (Å²) in [5.41, 5.74) is 3.12. The zero-order valence-corrected chi connectivity index (χ0v) is 16.2. The van der Waals surface area contributed by atoms with Gasteiger partial charge in [-0.1, -0.05) is 18.2 Å². The number of piperidine rings is 2. The Bertz CT molecular complexity index is 856. The van der Waals surface area contributed by atoms with Crippen molar-refractivity contribution in [2.45, 2.75) is 38.6 Å². The van der Waals surface area contributed by atoms with Crippen LogP contribution >= 0.6 is 0 Å². The maximum Gasteiger partial charge on any atom is 0.222 e. The van der Waals surface area contributed by atoms with E-state index in [2.05, 4.69) is 31.9 Å². The zero-order chi connectivity index (χ0) is 19.4. The Morgan fingerprint density at radius 3 is 2.96 bits per heavy atom. The average molecular weight is 377 g/mol. The van der Waals surface area contributed by atoms with Gasteiger partial charge in [-0.2, -0.15) is 5.26 Å². The first-order chi connectivity index (χ1) is 13.7. The van der Waals surface area contributed by atoms with E-state index >= 15 is 0 Å². The monoisotopic (exact) mass is 377 g/mol. The molecule has 1 N–H and O–H groups in total. The molecule has 28 heavy (non-hydrogen) atoms. The molecule has 1 amide bonds. The predicted molar refractivity (Wildman–Crippen MR) is 106 cm³/mol. The molecule has 1 spiro atoms. The molecule has 2 aliphatic heterocycles. The molecule has 0 aliphatic carbocycles. The first-order valence-corrected chi connectivity index (χ1v) is 10.1. The van der Waals surface area contributed by atoms with Crippen LogP contribution in [0.1, 0.15) is 42.5 Å². The van der Waals surface area contributed by atoms with Crippen molar-refractivity contribution in [2.75, 3.05) is 26.2 Å². The van der Waals surface area contributed by atoms with Gasteiger partial charge in [-0.25, -0.2) is 4.98 Å². The molecule has 1 atom stereocenters. The summed E-state index contributed by atoms with van der Waals surface area (Å²) in [6, 6.07) is 10.2. The van der Waals surface area contributed by atoms with Crippen LogP contribution in [0.3, 0.4) is 0 Å². The van der Waals surface area contributed by atoms with Crippen LogP contribution in [-0.4, -0.2) is 51.9 Å². The minimum Gasteiger partial charge on any atom is -0.348 e. The SMILES string of the molecule is N#Cc1ccccc1CN1CCC[C@]2(CCC(=O)N(CCc3cnc[nH]3)C2)C1. The third kappa shape index (κ3) is 4.10. The molecular weight excluding hydrogens is 350 g/mol. The highest BCUT2D eigenvalue weighted by Crippen LogP contribution is 2.39. The Morgan fingerprint density at radius 2 is 2.14 bits per heavy atom. The smallest absolute Gasteiger partial charge is 0.222 e. The standard InChI is InChI=1S/C22H27N5O/c23-12-18-4-1-2-5-19(18)14-26-10-3-8-22(15-26)9-6-21(28)27(16-22)11-7-20-13-24-17-25-20/h1-2,4-5,13,17H,3,6-11,14-16H2,(H,24,25)/t22-/m0/s1. The van der Waals surface area contributed by atoms with Crippen molar-refractivity contribution in [1.29, 1.82) is 5.26 Å². The molecule has 3 heterocycles. The molecule has 2 saturated heterocycles. The number of rotatable bonds is 5. The summed E-state index contributed by atoms with van der Waals surface area (Å²) in [5, 5.41) is 9.37.